The summed E-state index contributed by atoms with van der Waals surface area (Å²) in [4.78, 5) is 10.8. The molecule has 1 aliphatic rings. The second-order valence-electron chi connectivity index (χ2n) is 5.58. The highest BCUT2D eigenvalue weighted by molar-refractivity contribution is 5.84. The van der Waals surface area contributed by atoms with Crippen LogP contribution in [0.4, 0.5) is 11.5 Å². The Hall–Kier alpha value is -2.63. The van der Waals surface area contributed by atoms with Crippen molar-refractivity contribution in [2.24, 2.45) is 5.92 Å². The molecule has 3 aromatic rings. The van der Waals surface area contributed by atoms with Gasteiger partial charge < -0.3 is 14.7 Å². The molecule has 1 aliphatic heterocycles. The summed E-state index contributed by atoms with van der Waals surface area (Å²) < 4.78 is 5.06. The van der Waals surface area contributed by atoms with Gasteiger partial charge in [-0.15, -0.1) is 0 Å². The van der Waals surface area contributed by atoms with Gasteiger partial charge in [0.25, 0.3) is 5.71 Å². The molecule has 0 amide bonds. The van der Waals surface area contributed by atoms with Crippen molar-refractivity contribution < 1.29 is 4.52 Å². The van der Waals surface area contributed by atoms with E-state index in [-0.39, 0.29) is 0 Å². The van der Waals surface area contributed by atoms with E-state index < -0.39 is 0 Å². The molecule has 0 radical (unpaired) electrons. The second kappa shape index (κ2) is 5.63. The highest BCUT2D eigenvalue weighted by Crippen LogP contribution is 2.24. The van der Waals surface area contributed by atoms with Gasteiger partial charge in [-0.2, -0.15) is 4.98 Å². The van der Waals surface area contributed by atoms with Gasteiger partial charge in [-0.3, -0.25) is 0 Å². The Labute approximate surface area is 128 Å². The molecule has 112 valence electrons. The van der Waals surface area contributed by atoms with E-state index in [2.05, 4.69) is 55.7 Å². The zero-order valence-corrected chi connectivity index (χ0v) is 12.1. The summed E-state index contributed by atoms with van der Waals surface area (Å²) in [7, 11) is 0. The van der Waals surface area contributed by atoms with Crippen LogP contribution in [-0.4, -0.2) is 34.8 Å². The average molecular weight is 295 g/mol. The molecule has 1 saturated heterocycles. The van der Waals surface area contributed by atoms with Crippen molar-refractivity contribution in [1.82, 2.24) is 15.1 Å². The Morgan fingerprint density at radius 2 is 2.14 bits per heavy atom. The first-order valence-electron chi connectivity index (χ1n) is 7.49. The summed E-state index contributed by atoms with van der Waals surface area (Å²) in [6.45, 7) is 3.05. The number of para-hydroxylation sites is 1. The van der Waals surface area contributed by atoms with Gasteiger partial charge >= 0.3 is 0 Å². The van der Waals surface area contributed by atoms with E-state index in [1.54, 1.807) is 6.20 Å². The SMILES string of the molecule is c1ccc(N2CC[C@H](CNc3ncnc4oncc34)C2)cc1. The lowest BCUT2D eigenvalue weighted by atomic mass is 10.1. The topological polar surface area (TPSA) is 67.1 Å². The van der Waals surface area contributed by atoms with Crippen LogP contribution in [0.3, 0.4) is 0 Å². The van der Waals surface area contributed by atoms with Gasteiger partial charge in [0.15, 0.2) is 0 Å². The van der Waals surface area contributed by atoms with Crippen LogP contribution in [0.25, 0.3) is 11.1 Å². The Morgan fingerprint density at radius 1 is 1.23 bits per heavy atom. The maximum Gasteiger partial charge on any atom is 0.262 e. The quantitative estimate of drug-likeness (QED) is 0.798. The molecule has 4 rings (SSSR count). The minimum absolute atomic E-state index is 0.523. The number of aromatic nitrogens is 3. The zero-order valence-electron chi connectivity index (χ0n) is 12.1. The fourth-order valence-electron chi connectivity index (χ4n) is 2.95. The number of hydrogen-bond acceptors (Lipinski definition) is 6. The molecule has 0 unspecified atom stereocenters. The predicted molar refractivity (Wildman–Crippen MR) is 84.9 cm³/mol. The van der Waals surface area contributed by atoms with Gasteiger partial charge in [-0.1, -0.05) is 23.4 Å². The maximum absolute atomic E-state index is 5.06. The van der Waals surface area contributed by atoms with E-state index in [0.717, 1.165) is 30.8 Å². The van der Waals surface area contributed by atoms with Crippen LogP contribution < -0.4 is 10.2 Å². The van der Waals surface area contributed by atoms with Crippen molar-refractivity contribution in [3.8, 4) is 0 Å². The summed E-state index contributed by atoms with van der Waals surface area (Å²) in [6, 6.07) is 10.6. The van der Waals surface area contributed by atoms with E-state index in [1.165, 1.54) is 18.4 Å². The average Bonchev–Trinajstić information content (AvgIpc) is 3.23. The summed E-state index contributed by atoms with van der Waals surface area (Å²) in [5, 5.41) is 8.01. The molecule has 6 heteroatoms. The van der Waals surface area contributed by atoms with E-state index in [1.807, 2.05) is 0 Å². The predicted octanol–water partition coefficient (Wildman–Crippen LogP) is 2.56. The third kappa shape index (κ3) is 2.47. The minimum Gasteiger partial charge on any atom is -0.371 e. The summed E-state index contributed by atoms with van der Waals surface area (Å²) in [5.74, 6) is 1.40. The van der Waals surface area contributed by atoms with E-state index in [0.29, 0.717) is 11.6 Å². The lowest BCUT2D eigenvalue weighted by Gasteiger charge is -2.18. The van der Waals surface area contributed by atoms with Gasteiger partial charge in [0, 0.05) is 25.3 Å². The first-order chi connectivity index (χ1) is 10.9. The molecule has 0 aliphatic carbocycles. The second-order valence-corrected chi connectivity index (χ2v) is 5.58. The molecule has 3 heterocycles. The summed E-state index contributed by atoms with van der Waals surface area (Å²) >= 11 is 0. The number of anilines is 2. The fourth-order valence-corrected chi connectivity index (χ4v) is 2.95. The number of nitrogens with one attached hydrogen (secondary N) is 1. The third-order valence-corrected chi connectivity index (χ3v) is 4.13. The first-order valence-corrected chi connectivity index (χ1v) is 7.49. The van der Waals surface area contributed by atoms with E-state index in [9.17, 15) is 0 Å². The lowest BCUT2D eigenvalue weighted by Crippen LogP contribution is -2.22. The van der Waals surface area contributed by atoms with E-state index in [4.69, 9.17) is 4.52 Å². The monoisotopic (exact) mass is 295 g/mol. The van der Waals surface area contributed by atoms with Crippen molar-refractivity contribution >= 4 is 22.6 Å². The van der Waals surface area contributed by atoms with Gasteiger partial charge in [0.1, 0.15) is 17.5 Å². The van der Waals surface area contributed by atoms with Crippen LogP contribution in [0.5, 0.6) is 0 Å². The summed E-state index contributed by atoms with van der Waals surface area (Å²) in [6.07, 6.45) is 4.34. The van der Waals surface area contributed by atoms with Crippen molar-refractivity contribution in [3.63, 3.8) is 0 Å². The Bertz CT molecular complexity index is 757. The van der Waals surface area contributed by atoms with Crippen LogP contribution in [0.2, 0.25) is 0 Å². The molecule has 1 N–H and O–H groups in total. The Balaban J connectivity index is 1.40. The van der Waals surface area contributed by atoms with Crippen molar-refractivity contribution in [3.05, 3.63) is 42.9 Å². The van der Waals surface area contributed by atoms with Crippen LogP contribution in [0, 0.1) is 5.92 Å². The highest BCUT2D eigenvalue weighted by atomic mass is 16.5. The molecule has 0 spiro atoms. The van der Waals surface area contributed by atoms with Gasteiger partial charge in [-0.05, 0) is 24.5 Å². The number of nitrogens with zero attached hydrogens (tertiary/aromatic N) is 4. The normalized spacial score (nSPS) is 18.0. The Morgan fingerprint density at radius 3 is 3.05 bits per heavy atom. The molecule has 0 saturated carbocycles. The summed E-state index contributed by atoms with van der Waals surface area (Å²) in [5.41, 5.74) is 1.82. The molecule has 1 fully saturated rings. The van der Waals surface area contributed by atoms with Crippen LogP contribution >= 0.6 is 0 Å². The zero-order chi connectivity index (χ0) is 14.8. The van der Waals surface area contributed by atoms with Crippen molar-refractivity contribution in [2.75, 3.05) is 29.9 Å². The van der Waals surface area contributed by atoms with E-state index >= 15 is 0 Å². The standard InChI is InChI=1S/C16H17N5O/c1-2-4-13(5-3-1)21-7-6-12(10-21)8-17-15-14-9-20-22-16(14)19-11-18-15/h1-5,9,11-12H,6-8,10H2,(H,17,18,19)/t12-/m1/s1. The van der Waals surface area contributed by atoms with Crippen molar-refractivity contribution in [1.29, 1.82) is 0 Å². The number of hydrogen-bond donors (Lipinski definition) is 1. The molecular formula is C16H17N5O. The lowest BCUT2D eigenvalue weighted by molar-refractivity contribution is 0.448. The van der Waals surface area contributed by atoms with Gasteiger partial charge in [0.05, 0.1) is 6.20 Å². The van der Waals surface area contributed by atoms with Crippen LogP contribution in [0.1, 0.15) is 6.42 Å². The largest absolute Gasteiger partial charge is 0.371 e. The smallest absolute Gasteiger partial charge is 0.262 e. The van der Waals surface area contributed by atoms with Gasteiger partial charge in [0.2, 0.25) is 0 Å². The molecule has 1 atom stereocenters. The molecule has 1 aromatic carbocycles. The minimum atomic E-state index is 0.523. The van der Waals surface area contributed by atoms with Crippen LogP contribution in [0.15, 0.2) is 47.4 Å². The number of rotatable bonds is 4. The molecule has 0 bridgehead atoms. The maximum atomic E-state index is 5.06. The molecule has 22 heavy (non-hydrogen) atoms. The number of fused-ring (bicyclic) bond motifs is 1. The van der Waals surface area contributed by atoms with Crippen molar-refractivity contribution in [2.45, 2.75) is 6.42 Å². The fraction of sp³-hybridized carbons (Fsp3) is 0.312. The highest BCUT2D eigenvalue weighted by Gasteiger charge is 2.22. The number of benzene rings is 1. The third-order valence-electron chi connectivity index (χ3n) is 4.13. The van der Waals surface area contributed by atoms with Gasteiger partial charge in [-0.25, -0.2) is 4.98 Å². The van der Waals surface area contributed by atoms with Crippen LogP contribution in [-0.2, 0) is 0 Å². The molecule has 2 aromatic heterocycles. The molecular weight excluding hydrogens is 278 g/mol. The Kier molecular flexibility index (Phi) is 3.34. The first kappa shape index (κ1) is 13.1. The molecule has 6 nitrogen and oxygen atoms in total.